The Morgan fingerprint density at radius 1 is 1.38 bits per heavy atom. The largest absolute Gasteiger partial charge is 0.545 e. The molecular formula is C9H5Cl2O2-. The van der Waals surface area contributed by atoms with E-state index in [0.29, 0.717) is 15.6 Å². The fraction of sp³-hybridized carbons (Fsp3) is 0. The highest BCUT2D eigenvalue weighted by Crippen LogP contribution is 2.26. The van der Waals surface area contributed by atoms with Gasteiger partial charge in [0.25, 0.3) is 0 Å². The van der Waals surface area contributed by atoms with Crippen molar-refractivity contribution >= 4 is 35.2 Å². The van der Waals surface area contributed by atoms with Crippen molar-refractivity contribution in [1.29, 1.82) is 0 Å². The molecule has 2 nitrogen and oxygen atoms in total. The normalized spacial score (nSPS) is 10.6. The van der Waals surface area contributed by atoms with Crippen molar-refractivity contribution in [3.8, 4) is 0 Å². The Hall–Kier alpha value is -0.990. The maximum Gasteiger partial charge on any atom is 0.0664 e. The van der Waals surface area contributed by atoms with E-state index in [-0.39, 0.29) is 0 Å². The molecular weight excluding hydrogens is 211 g/mol. The van der Waals surface area contributed by atoms with Crippen LogP contribution in [0.3, 0.4) is 0 Å². The third-order valence-corrected chi connectivity index (χ3v) is 2.21. The Morgan fingerprint density at radius 2 is 2.08 bits per heavy atom. The molecule has 0 aromatic heterocycles. The third-order valence-electron chi connectivity index (χ3n) is 1.38. The number of carboxylic acid groups (broad SMARTS) is 1. The van der Waals surface area contributed by atoms with Crippen molar-refractivity contribution in [2.24, 2.45) is 0 Å². The standard InChI is InChI=1S/C9H6Cl2O2/c10-7-3-1-2-6(9(7)11)4-5-8(12)13/h1-5H,(H,12,13)/p-1/b5-4-. The lowest BCUT2D eigenvalue weighted by molar-refractivity contribution is -0.297. The Morgan fingerprint density at radius 3 is 2.69 bits per heavy atom. The first-order chi connectivity index (χ1) is 6.11. The van der Waals surface area contributed by atoms with E-state index in [2.05, 4.69) is 0 Å². The van der Waals surface area contributed by atoms with Gasteiger partial charge in [-0.25, -0.2) is 0 Å². The van der Waals surface area contributed by atoms with Crippen LogP contribution in [0, 0.1) is 0 Å². The Balaban J connectivity index is 3.02. The smallest absolute Gasteiger partial charge is 0.0664 e. The van der Waals surface area contributed by atoms with Gasteiger partial charge in [-0.1, -0.05) is 41.4 Å². The molecule has 1 aromatic carbocycles. The Bertz CT molecular complexity index is 359. The molecule has 1 rings (SSSR count). The van der Waals surface area contributed by atoms with Gasteiger partial charge < -0.3 is 9.90 Å². The van der Waals surface area contributed by atoms with Crippen LogP contribution in [0.2, 0.25) is 10.0 Å². The average molecular weight is 216 g/mol. The number of carbonyl (C=O) groups excluding carboxylic acids is 1. The number of rotatable bonds is 2. The van der Waals surface area contributed by atoms with Gasteiger partial charge in [-0.15, -0.1) is 0 Å². The van der Waals surface area contributed by atoms with Crippen LogP contribution in [-0.4, -0.2) is 5.97 Å². The predicted molar refractivity (Wildman–Crippen MR) is 50.5 cm³/mol. The minimum absolute atomic E-state index is 0.335. The van der Waals surface area contributed by atoms with Gasteiger partial charge in [-0.2, -0.15) is 0 Å². The third kappa shape index (κ3) is 2.76. The molecule has 4 heteroatoms. The molecule has 0 radical (unpaired) electrons. The van der Waals surface area contributed by atoms with E-state index in [9.17, 15) is 9.90 Å². The molecule has 0 fully saturated rings. The number of carbonyl (C=O) groups is 1. The molecule has 68 valence electrons. The topological polar surface area (TPSA) is 40.1 Å². The minimum Gasteiger partial charge on any atom is -0.545 e. The highest BCUT2D eigenvalue weighted by Gasteiger charge is 1.99. The van der Waals surface area contributed by atoms with Crippen molar-refractivity contribution in [2.75, 3.05) is 0 Å². The van der Waals surface area contributed by atoms with Crippen molar-refractivity contribution < 1.29 is 9.90 Å². The second kappa shape index (κ2) is 4.30. The lowest BCUT2D eigenvalue weighted by Crippen LogP contribution is -2.18. The summed E-state index contributed by atoms with van der Waals surface area (Å²) >= 11 is 11.5. The van der Waals surface area contributed by atoms with Crippen LogP contribution in [0.4, 0.5) is 0 Å². The zero-order chi connectivity index (χ0) is 9.84. The molecule has 0 spiro atoms. The molecule has 0 aliphatic heterocycles. The summed E-state index contributed by atoms with van der Waals surface area (Å²) in [7, 11) is 0. The molecule has 0 aliphatic carbocycles. The first-order valence-corrected chi connectivity index (χ1v) is 4.20. The lowest BCUT2D eigenvalue weighted by atomic mass is 10.2. The van der Waals surface area contributed by atoms with Crippen molar-refractivity contribution in [1.82, 2.24) is 0 Å². The Labute approximate surface area is 85.4 Å². The van der Waals surface area contributed by atoms with Crippen molar-refractivity contribution in [3.05, 3.63) is 39.9 Å². The van der Waals surface area contributed by atoms with E-state index in [1.807, 2.05) is 0 Å². The van der Waals surface area contributed by atoms with Gasteiger partial charge in [-0.3, -0.25) is 0 Å². The molecule has 0 atom stereocenters. The van der Waals surface area contributed by atoms with E-state index in [0.717, 1.165) is 6.08 Å². The second-order valence-electron chi connectivity index (χ2n) is 2.30. The average Bonchev–Trinajstić information content (AvgIpc) is 2.07. The molecule has 13 heavy (non-hydrogen) atoms. The van der Waals surface area contributed by atoms with E-state index in [4.69, 9.17) is 23.2 Å². The molecule has 0 unspecified atom stereocenters. The molecule has 0 aliphatic rings. The molecule has 1 aromatic rings. The number of hydrogen-bond acceptors (Lipinski definition) is 2. The molecule has 0 amide bonds. The number of carboxylic acids is 1. The van der Waals surface area contributed by atoms with E-state index < -0.39 is 5.97 Å². The SMILES string of the molecule is O=C([O-])/C=C\c1cccc(Cl)c1Cl. The molecule has 0 saturated heterocycles. The predicted octanol–water partition coefficient (Wildman–Crippen LogP) is 1.76. The highest BCUT2D eigenvalue weighted by atomic mass is 35.5. The van der Waals surface area contributed by atoms with Crippen LogP contribution >= 0.6 is 23.2 Å². The molecule has 0 N–H and O–H groups in total. The van der Waals surface area contributed by atoms with Gasteiger partial charge in [0.05, 0.1) is 16.0 Å². The number of aliphatic carboxylic acids is 1. The monoisotopic (exact) mass is 215 g/mol. The summed E-state index contributed by atoms with van der Waals surface area (Å²) in [5.74, 6) is -1.27. The van der Waals surface area contributed by atoms with Gasteiger partial charge >= 0.3 is 0 Å². The van der Waals surface area contributed by atoms with Gasteiger partial charge in [0.15, 0.2) is 0 Å². The minimum atomic E-state index is -1.27. The van der Waals surface area contributed by atoms with Crippen LogP contribution < -0.4 is 5.11 Å². The summed E-state index contributed by atoms with van der Waals surface area (Å²) in [4.78, 5) is 10.1. The summed E-state index contributed by atoms with van der Waals surface area (Å²) in [6.45, 7) is 0. The van der Waals surface area contributed by atoms with E-state index in [1.165, 1.54) is 6.08 Å². The fourth-order valence-electron chi connectivity index (χ4n) is 0.807. The van der Waals surface area contributed by atoms with Crippen LogP contribution in [0.15, 0.2) is 24.3 Å². The quantitative estimate of drug-likeness (QED) is 0.706. The number of hydrogen-bond donors (Lipinski definition) is 0. The number of halogens is 2. The number of benzene rings is 1. The van der Waals surface area contributed by atoms with Gasteiger partial charge in [0.1, 0.15) is 0 Å². The first-order valence-electron chi connectivity index (χ1n) is 3.44. The molecule has 0 bridgehead atoms. The molecule has 0 saturated carbocycles. The van der Waals surface area contributed by atoms with Gasteiger partial charge in [0.2, 0.25) is 0 Å². The van der Waals surface area contributed by atoms with Gasteiger partial charge in [0, 0.05) is 0 Å². The zero-order valence-corrected chi connectivity index (χ0v) is 7.97. The lowest BCUT2D eigenvalue weighted by Gasteiger charge is -1.99. The van der Waals surface area contributed by atoms with Crippen LogP contribution in [-0.2, 0) is 4.79 Å². The first kappa shape index (κ1) is 10.1. The van der Waals surface area contributed by atoms with Gasteiger partial charge in [-0.05, 0) is 17.7 Å². The summed E-state index contributed by atoms with van der Waals surface area (Å²) in [5, 5.41) is 10.8. The maximum absolute atomic E-state index is 10.1. The van der Waals surface area contributed by atoms with Crippen LogP contribution in [0.25, 0.3) is 6.08 Å². The second-order valence-corrected chi connectivity index (χ2v) is 3.08. The van der Waals surface area contributed by atoms with E-state index in [1.54, 1.807) is 18.2 Å². The van der Waals surface area contributed by atoms with Crippen molar-refractivity contribution in [2.45, 2.75) is 0 Å². The highest BCUT2D eigenvalue weighted by molar-refractivity contribution is 6.42. The van der Waals surface area contributed by atoms with Crippen LogP contribution in [0.1, 0.15) is 5.56 Å². The summed E-state index contributed by atoms with van der Waals surface area (Å²) in [6.07, 6.45) is 2.24. The summed E-state index contributed by atoms with van der Waals surface area (Å²) in [5.41, 5.74) is 0.554. The maximum atomic E-state index is 10.1. The summed E-state index contributed by atoms with van der Waals surface area (Å²) in [6, 6.07) is 4.97. The molecule has 0 heterocycles. The summed E-state index contributed by atoms with van der Waals surface area (Å²) < 4.78 is 0. The van der Waals surface area contributed by atoms with Crippen molar-refractivity contribution in [3.63, 3.8) is 0 Å². The van der Waals surface area contributed by atoms with Crippen LogP contribution in [0.5, 0.6) is 0 Å². The zero-order valence-electron chi connectivity index (χ0n) is 6.46. The fourth-order valence-corrected chi connectivity index (χ4v) is 1.18. The Kier molecular flexibility index (Phi) is 3.34. The van der Waals surface area contributed by atoms with E-state index >= 15 is 0 Å².